The number of hydrogen-bond donors (Lipinski definition) is 4. The fourth-order valence-corrected chi connectivity index (χ4v) is 2.57. The Morgan fingerprint density at radius 2 is 0.512 bits per heavy atom. The molecule has 4 N–H and O–H groups in total. The van der Waals surface area contributed by atoms with Crippen molar-refractivity contribution >= 4 is 23.9 Å². The summed E-state index contributed by atoms with van der Waals surface area (Å²) in [6.45, 7) is 0. The van der Waals surface area contributed by atoms with Gasteiger partial charge in [-0.05, 0) is 24.3 Å². The second-order valence-electron chi connectivity index (χ2n) is 7.21. The van der Waals surface area contributed by atoms with Crippen LogP contribution in [-0.4, -0.2) is 44.3 Å². The van der Waals surface area contributed by atoms with Crippen molar-refractivity contribution in [2.24, 2.45) is 0 Å². The zero-order valence-electron chi connectivity index (χ0n) is 20.8. The van der Waals surface area contributed by atoms with Gasteiger partial charge in [-0.15, -0.1) is 0 Å². The Balaban J connectivity index is 0.000000516. The summed E-state index contributed by atoms with van der Waals surface area (Å²) in [5.41, 5.74) is -0.713. The van der Waals surface area contributed by atoms with E-state index in [-0.39, 0.29) is 62.2 Å². The Kier molecular flexibility index (Phi) is 16.4. The molecule has 0 radical (unpaired) electrons. The van der Waals surface area contributed by atoms with E-state index in [9.17, 15) is 39.6 Å². The Morgan fingerprint density at radius 1 is 0.366 bits per heavy atom. The first kappa shape index (κ1) is 36.3. The second kappa shape index (κ2) is 18.6. The Labute approximate surface area is 264 Å². The molecule has 13 heteroatoms. The first-order valence-electron chi connectivity index (χ1n) is 10.8. The molecule has 208 valence electrons. The van der Waals surface area contributed by atoms with Gasteiger partial charge in [-0.3, -0.25) is 0 Å². The van der Waals surface area contributed by atoms with Gasteiger partial charge in [0.15, 0.2) is 0 Å². The number of benzene rings is 4. The van der Waals surface area contributed by atoms with Crippen molar-refractivity contribution in [3.05, 3.63) is 119 Å². The van der Waals surface area contributed by atoms with Crippen molar-refractivity contribution in [3.63, 3.8) is 0 Å². The van der Waals surface area contributed by atoms with Crippen LogP contribution in [0, 0.1) is 39.9 Å². The van der Waals surface area contributed by atoms with E-state index >= 15 is 0 Å². The maximum Gasteiger partial charge on any atom is 4.00 e. The molecule has 0 aliphatic rings. The Morgan fingerprint density at radius 3 is 0.610 bits per heavy atom. The fraction of sp³-hybridized carbons (Fsp3) is 0. The molecule has 4 rings (SSSR count). The van der Waals surface area contributed by atoms with Gasteiger partial charge in [0.2, 0.25) is 0 Å². The molecular formula is C28H20O12Th. The van der Waals surface area contributed by atoms with Crippen molar-refractivity contribution in [2.45, 2.75) is 0 Å². The summed E-state index contributed by atoms with van der Waals surface area (Å²) < 4.78 is 0. The van der Waals surface area contributed by atoms with Crippen LogP contribution < -0.4 is 20.4 Å². The summed E-state index contributed by atoms with van der Waals surface area (Å²) in [4.78, 5) is 40.9. The van der Waals surface area contributed by atoms with Crippen LogP contribution >= 0.6 is 0 Å². The summed E-state index contributed by atoms with van der Waals surface area (Å²) in [5.74, 6) is -6.50. The molecule has 0 saturated heterocycles. The topological polar surface area (TPSA) is 241 Å². The quantitative estimate of drug-likeness (QED) is 0.232. The first-order chi connectivity index (χ1) is 18.9. The molecule has 4 aromatic carbocycles. The third-order valence-electron chi connectivity index (χ3n) is 4.47. The van der Waals surface area contributed by atoms with E-state index < -0.39 is 46.9 Å². The van der Waals surface area contributed by atoms with Crippen LogP contribution in [0.2, 0.25) is 0 Å². The van der Waals surface area contributed by atoms with Gasteiger partial charge in [-0.25, -0.2) is 19.2 Å². The molecule has 0 aliphatic heterocycles. The van der Waals surface area contributed by atoms with Crippen LogP contribution in [0.25, 0.3) is 0 Å². The van der Waals surface area contributed by atoms with Crippen molar-refractivity contribution in [2.75, 3.05) is 0 Å². The SMILES string of the molecule is O=C(O)c1ccccc1[O-].O=C(O)c1ccccc1[O-].O=C(O)c1ccccc1[O-].O=C(O)c1ccccc1[O-].[Th+4]. The molecule has 0 saturated carbocycles. The summed E-state index contributed by atoms with van der Waals surface area (Å²) in [5, 5.41) is 76.2. The molecular weight excluding hydrogens is 760 g/mol. The standard InChI is InChI=1S/4C7H6O3.Th/c4*8-6-4-2-1-3-5(6)7(9)10;/h4*1-4,8H,(H,9,10);/q;;;;+4/p-4. The van der Waals surface area contributed by atoms with Crippen molar-refractivity contribution < 1.29 is 100.0 Å². The summed E-state index contributed by atoms with van der Waals surface area (Å²) in [6, 6.07) is 22.1. The molecule has 0 heterocycles. The normalized spacial score (nSPS) is 8.98. The largest absolute Gasteiger partial charge is 4.00 e. The average Bonchev–Trinajstić information content (AvgIpc) is 2.90. The molecule has 0 unspecified atom stereocenters. The number of carboxylic acid groups (broad SMARTS) is 4. The molecule has 41 heavy (non-hydrogen) atoms. The molecule has 0 amide bonds. The molecule has 0 aromatic heterocycles. The summed E-state index contributed by atoms with van der Waals surface area (Å²) >= 11 is 0. The van der Waals surface area contributed by atoms with Gasteiger partial charge in [0.25, 0.3) is 0 Å². The zero-order valence-corrected chi connectivity index (χ0v) is 24.9. The van der Waals surface area contributed by atoms with Crippen molar-refractivity contribution in [3.8, 4) is 23.0 Å². The van der Waals surface area contributed by atoms with Gasteiger partial charge >= 0.3 is 63.8 Å². The molecule has 0 atom stereocenters. The number of aromatic carboxylic acids is 4. The van der Waals surface area contributed by atoms with Crippen LogP contribution in [0.3, 0.4) is 0 Å². The van der Waals surface area contributed by atoms with E-state index in [4.69, 9.17) is 20.4 Å². The smallest absolute Gasteiger partial charge is 0.872 e. The molecule has 0 fully saturated rings. The van der Waals surface area contributed by atoms with Crippen LogP contribution in [0.4, 0.5) is 0 Å². The average molecular weight is 780 g/mol. The van der Waals surface area contributed by atoms with E-state index in [1.165, 1.54) is 97.1 Å². The fourth-order valence-electron chi connectivity index (χ4n) is 2.57. The van der Waals surface area contributed by atoms with E-state index in [0.717, 1.165) is 0 Å². The minimum atomic E-state index is -1.18. The van der Waals surface area contributed by atoms with Crippen LogP contribution in [0.15, 0.2) is 97.1 Å². The van der Waals surface area contributed by atoms with Gasteiger partial charge in [-0.2, -0.15) is 0 Å². The number of carbonyl (C=O) groups is 4. The minimum Gasteiger partial charge on any atom is -0.872 e. The Hall–Kier alpha value is -4.72. The van der Waals surface area contributed by atoms with E-state index in [1.807, 2.05) is 0 Å². The molecule has 12 nitrogen and oxygen atoms in total. The monoisotopic (exact) mass is 780 g/mol. The Bertz CT molecular complexity index is 1250. The van der Waals surface area contributed by atoms with E-state index in [0.29, 0.717) is 0 Å². The number of rotatable bonds is 4. The maximum absolute atomic E-state index is 10.7. The first-order valence-corrected chi connectivity index (χ1v) is 10.8. The van der Waals surface area contributed by atoms with Gasteiger partial charge in [0.05, 0.1) is 22.3 Å². The zero-order chi connectivity index (χ0) is 30.2. The van der Waals surface area contributed by atoms with E-state index in [1.54, 1.807) is 0 Å². The van der Waals surface area contributed by atoms with E-state index in [2.05, 4.69) is 0 Å². The van der Waals surface area contributed by atoms with Gasteiger partial charge in [-0.1, -0.05) is 95.8 Å². The minimum absolute atomic E-state index is 0. The number of carboxylic acids is 4. The molecule has 0 bridgehead atoms. The summed E-state index contributed by atoms with van der Waals surface area (Å²) in [7, 11) is 0. The third kappa shape index (κ3) is 12.8. The predicted molar refractivity (Wildman–Crippen MR) is 131 cm³/mol. The van der Waals surface area contributed by atoms with Crippen LogP contribution in [0.5, 0.6) is 23.0 Å². The van der Waals surface area contributed by atoms with Crippen molar-refractivity contribution in [1.29, 1.82) is 0 Å². The maximum atomic E-state index is 10.7. The molecule has 0 spiro atoms. The van der Waals surface area contributed by atoms with Gasteiger partial charge in [0.1, 0.15) is 0 Å². The number of para-hydroxylation sites is 4. The van der Waals surface area contributed by atoms with Gasteiger partial charge in [0, 0.05) is 0 Å². The van der Waals surface area contributed by atoms with Gasteiger partial charge < -0.3 is 40.9 Å². The van der Waals surface area contributed by atoms with Crippen LogP contribution in [-0.2, 0) is 0 Å². The second-order valence-corrected chi connectivity index (χ2v) is 7.21. The molecule has 4 aromatic rings. The molecule has 0 aliphatic carbocycles. The number of hydrogen-bond acceptors (Lipinski definition) is 8. The van der Waals surface area contributed by atoms with Crippen molar-refractivity contribution in [1.82, 2.24) is 0 Å². The third-order valence-corrected chi connectivity index (χ3v) is 4.47. The predicted octanol–water partition coefficient (Wildman–Crippen LogP) is 1.83. The summed E-state index contributed by atoms with van der Waals surface area (Å²) in [6.07, 6.45) is 0. The van der Waals surface area contributed by atoms with Crippen LogP contribution in [0.1, 0.15) is 41.4 Å².